The van der Waals surface area contributed by atoms with Crippen LogP contribution in [0.4, 0.5) is 16.2 Å². The number of nitrogen functional groups attached to an aromatic ring is 1. The van der Waals surface area contributed by atoms with Crippen molar-refractivity contribution in [3.8, 4) is 22.7 Å². The normalized spacial score (nSPS) is 15.9. The first-order valence-electron chi connectivity index (χ1n) is 10.4. The van der Waals surface area contributed by atoms with Crippen molar-refractivity contribution in [1.82, 2.24) is 19.7 Å². The third kappa shape index (κ3) is 3.82. The molecule has 0 saturated carbocycles. The number of ether oxygens (including phenoxy) is 2. The van der Waals surface area contributed by atoms with E-state index in [0.717, 1.165) is 30.9 Å². The lowest BCUT2D eigenvalue weighted by molar-refractivity contribution is 0.120. The summed E-state index contributed by atoms with van der Waals surface area (Å²) in [7, 11) is 1.61. The number of fused-ring (bicyclic) bond motifs is 1. The Hall–Kier alpha value is -3.72. The van der Waals surface area contributed by atoms with Crippen LogP contribution in [-0.4, -0.2) is 46.1 Å². The topological polar surface area (TPSA) is 100 Å². The van der Waals surface area contributed by atoms with E-state index in [1.54, 1.807) is 23.9 Å². The lowest BCUT2D eigenvalue weighted by Gasteiger charge is -2.12. The summed E-state index contributed by atoms with van der Waals surface area (Å²) in [6.45, 7) is 1.35. The van der Waals surface area contributed by atoms with Gasteiger partial charge in [0.15, 0.2) is 5.65 Å². The number of aromatic nitrogens is 4. The summed E-state index contributed by atoms with van der Waals surface area (Å²) >= 11 is 0. The van der Waals surface area contributed by atoms with Gasteiger partial charge in [0.05, 0.1) is 30.0 Å². The van der Waals surface area contributed by atoms with E-state index < -0.39 is 0 Å². The maximum absolute atomic E-state index is 14.0. The zero-order chi connectivity index (χ0) is 22.1. The second-order valence-corrected chi connectivity index (χ2v) is 7.62. The molecule has 2 aromatic heterocycles. The molecule has 5 rings (SSSR count). The summed E-state index contributed by atoms with van der Waals surface area (Å²) < 4.78 is 26.5. The molecule has 0 bridgehead atoms. The number of nitrogens with two attached hydrogens (primary N) is 1. The Morgan fingerprint density at radius 1 is 1.22 bits per heavy atom. The highest BCUT2D eigenvalue weighted by molar-refractivity contribution is 5.99. The fourth-order valence-electron chi connectivity index (χ4n) is 3.87. The smallest absolute Gasteiger partial charge is 0.225 e. The van der Waals surface area contributed by atoms with E-state index in [1.807, 2.05) is 24.3 Å². The van der Waals surface area contributed by atoms with E-state index >= 15 is 0 Å². The maximum atomic E-state index is 14.0. The van der Waals surface area contributed by atoms with Crippen LogP contribution in [0.15, 0.2) is 48.5 Å². The van der Waals surface area contributed by atoms with Crippen molar-refractivity contribution in [2.45, 2.75) is 18.9 Å². The van der Waals surface area contributed by atoms with Crippen LogP contribution in [0.1, 0.15) is 12.8 Å². The molecule has 0 unspecified atom stereocenters. The Kier molecular flexibility index (Phi) is 5.32. The van der Waals surface area contributed by atoms with Crippen LogP contribution in [0.3, 0.4) is 0 Å². The third-order valence-corrected chi connectivity index (χ3v) is 5.50. The molecule has 1 aliphatic rings. The molecule has 2 aromatic carbocycles. The van der Waals surface area contributed by atoms with Gasteiger partial charge in [-0.2, -0.15) is 4.98 Å². The number of hydrogen-bond donors (Lipinski definition) is 2. The van der Waals surface area contributed by atoms with Gasteiger partial charge in [-0.1, -0.05) is 12.1 Å². The minimum atomic E-state index is -0.357. The molecule has 3 heterocycles. The molecule has 0 aliphatic carbocycles. The van der Waals surface area contributed by atoms with E-state index in [2.05, 4.69) is 20.4 Å². The molecule has 0 radical (unpaired) electrons. The second kappa shape index (κ2) is 8.43. The highest BCUT2D eigenvalue weighted by Gasteiger charge is 2.21. The van der Waals surface area contributed by atoms with Crippen molar-refractivity contribution in [1.29, 1.82) is 0 Å². The Bertz CT molecular complexity index is 1250. The first kappa shape index (κ1) is 20.2. The first-order chi connectivity index (χ1) is 15.6. The van der Waals surface area contributed by atoms with E-state index in [4.69, 9.17) is 15.2 Å². The van der Waals surface area contributed by atoms with Gasteiger partial charge < -0.3 is 20.5 Å². The predicted octanol–water partition coefficient (Wildman–Crippen LogP) is 3.80. The maximum Gasteiger partial charge on any atom is 0.225 e. The van der Waals surface area contributed by atoms with Crippen LogP contribution in [0.5, 0.6) is 5.75 Å². The molecule has 1 atom stereocenters. The molecule has 8 nitrogen and oxygen atoms in total. The number of benzene rings is 2. The molecule has 0 amide bonds. The van der Waals surface area contributed by atoms with Gasteiger partial charge in [0.2, 0.25) is 5.95 Å². The average Bonchev–Trinajstić information content (AvgIpc) is 3.45. The zero-order valence-corrected chi connectivity index (χ0v) is 17.6. The van der Waals surface area contributed by atoms with Crippen LogP contribution >= 0.6 is 0 Å². The molecular weight excluding hydrogens is 411 g/mol. The summed E-state index contributed by atoms with van der Waals surface area (Å²) in [5.41, 5.74) is 8.78. The third-order valence-electron chi connectivity index (χ3n) is 5.50. The Balaban J connectivity index is 1.62. The number of nitrogens with one attached hydrogen (secondary N) is 1. The van der Waals surface area contributed by atoms with Crippen molar-refractivity contribution in [2.75, 3.05) is 31.3 Å². The lowest BCUT2D eigenvalue weighted by Crippen LogP contribution is -2.19. The van der Waals surface area contributed by atoms with Crippen LogP contribution in [0, 0.1) is 5.82 Å². The summed E-state index contributed by atoms with van der Waals surface area (Å²) in [6, 6.07) is 13.6. The van der Waals surface area contributed by atoms with Gasteiger partial charge in [-0.05, 0) is 49.2 Å². The van der Waals surface area contributed by atoms with Gasteiger partial charge in [0.1, 0.15) is 17.4 Å². The van der Waals surface area contributed by atoms with Gasteiger partial charge in [-0.25, -0.2) is 14.1 Å². The summed E-state index contributed by atoms with van der Waals surface area (Å²) in [5.74, 6) is 1.14. The quantitative estimate of drug-likeness (QED) is 0.476. The van der Waals surface area contributed by atoms with Gasteiger partial charge in [0, 0.05) is 18.7 Å². The number of hydrogen-bond acceptors (Lipinski definition) is 7. The number of nitrogens with zero attached hydrogens (tertiary/aromatic N) is 4. The van der Waals surface area contributed by atoms with E-state index in [-0.39, 0.29) is 11.9 Å². The van der Waals surface area contributed by atoms with Crippen LogP contribution in [0.25, 0.3) is 28.0 Å². The van der Waals surface area contributed by atoms with Crippen LogP contribution < -0.4 is 15.8 Å². The molecule has 164 valence electrons. The monoisotopic (exact) mass is 434 g/mol. The molecule has 3 N–H and O–H groups in total. The SMILES string of the molecule is COc1ccc(-n2nc3nc(NC[C@H]4CCCO4)nc(-c4cccc(F)c4)c3c2N)cc1. The van der Waals surface area contributed by atoms with Gasteiger partial charge >= 0.3 is 0 Å². The van der Waals surface area contributed by atoms with Gasteiger partial charge in [-0.3, -0.25) is 0 Å². The number of anilines is 2. The van der Waals surface area contributed by atoms with Crippen molar-refractivity contribution < 1.29 is 13.9 Å². The summed E-state index contributed by atoms with van der Waals surface area (Å²) in [6.07, 6.45) is 2.16. The van der Waals surface area contributed by atoms with Gasteiger partial charge in [-0.15, -0.1) is 5.10 Å². The molecule has 32 heavy (non-hydrogen) atoms. The standard InChI is InChI=1S/C23H23FN6O2/c1-31-17-9-7-16(8-10-17)30-21(25)19-20(14-4-2-5-15(24)12-14)27-23(28-22(19)29-30)26-13-18-6-3-11-32-18/h2,4-5,7-10,12,18H,3,6,11,13,25H2,1H3,(H,26,28,29)/t18-/m1/s1. The van der Waals surface area contributed by atoms with Crippen molar-refractivity contribution in [3.63, 3.8) is 0 Å². The molecule has 0 spiro atoms. The second-order valence-electron chi connectivity index (χ2n) is 7.62. The molecular formula is C23H23FN6O2. The van der Waals surface area contributed by atoms with Gasteiger partial charge in [0.25, 0.3) is 0 Å². The number of rotatable bonds is 6. The lowest BCUT2D eigenvalue weighted by atomic mass is 10.1. The predicted molar refractivity (Wildman–Crippen MR) is 120 cm³/mol. The minimum absolute atomic E-state index is 0.119. The Morgan fingerprint density at radius 2 is 2.06 bits per heavy atom. The molecule has 4 aromatic rings. The minimum Gasteiger partial charge on any atom is -0.497 e. The first-order valence-corrected chi connectivity index (χ1v) is 10.4. The van der Waals surface area contributed by atoms with Crippen molar-refractivity contribution >= 4 is 22.8 Å². The Labute approximate surface area is 184 Å². The summed E-state index contributed by atoms with van der Waals surface area (Å²) in [5, 5.41) is 8.43. The fourth-order valence-corrected chi connectivity index (χ4v) is 3.87. The molecule has 1 fully saturated rings. The number of halogens is 1. The van der Waals surface area contributed by atoms with Crippen molar-refractivity contribution in [2.24, 2.45) is 0 Å². The highest BCUT2D eigenvalue weighted by Crippen LogP contribution is 2.33. The fraction of sp³-hybridized carbons (Fsp3) is 0.261. The molecule has 9 heteroatoms. The zero-order valence-electron chi connectivity index (χ0n) is 17.6. The highest BCUT2D eigenvalue weighted by atomic mass is 19.1. The average molecular weight is 434 g/mol. The van der Waals surface area contributed by atoms with Crippen LogP contribution in [-0.2, 0) is 4.74 Å². The Morgan fingerprint density at radius 3 is 2.78 bits per heavy atom. The van der Waals surface area contributed by atoms with E-state index in [9.17, 15) is 4.39 Å². The summed E-state index contributed by atoms with van der Waals surface area (Å²) in [4.78, 5) is 9.25. The van der Waals surface area contributed by atoms with E-state index in [0.29, 0.717) is 40.6 Å². The van der Waals surface area contributed by atoms with Crippen molar-refractivity contribution in [3.05, 3.63) is 54.3 Å². The van der Waals surface area contributed by atoms with E-state index in [1.165, 1.54) is 12.1 Å². The largest absolute Gasteiger partial charge is 0.497 e. The molecule has 1 aliphatic heterocycles. The molecule has 1 saturated heterocycles. The van der Waals surface area contributed by atoms with Crippen LogP contribution in [0.2, 0.25) is 0 Å². The number of methoxy groups -OCH3 is 1.